The minimum absolute atomic E-state index is 0.145. The number of carbonyl (C=O) groups excluding carboxylic acids is 1. The van der Waals surface area contributed by atoms with E-state index in [2.05, 4.69) is 5.10 Å². The van der Waals surface area contributed by atoms with E-state index in [0.717, 1.165) is 22.5 Å². The lowest BCUT2D eigenvalue weighted by atomic mass is 9.98. The van der Waals surface area contributed by atoms with Gasteiger partial charge in [-0.2, -0.15) is 10.2 Å². The third kappa shape index (κ3) is 4.25. The number of hydrogen-bond acceptors (Lipinski definition) is 5. The zero-order valence-electron chi connectivity index (χ0n) is 18.2. The number of hydrogen-bond donors (Lipinski definition) is 1. The molecule has 2 aromatic heterocycles. The molecule has 0 bridgehead atoms. The molecule has 1 atom stereocenters. The van der Waals surface area contributed by atoms with Gasteiger partial charge in [-0.3, -0.25) is 9.59 Å². The van der Waals surface area contributed by atoms with E-state index in [0.29, 0.717) is 17.9 Å². The van der Waals surface area contributed by atoms with Crippen LogP contribution in [-0.2, 0) is 9.59 Å². The van der Waals surface area contributed by atoms with Crippen LogP contribution >= 0.6 is 0 Å². The summed E-state index contributed by atoms with van der Waals surface area (Å²) in [6.07, 6.45) is 3.49. The minimum atomic E-state index is -1.03. The largest absolute Gasteiger partial charge is 0.481 e. The van der Waals surface area contributed by atoms with E-state index in [-0.39, 0.29) is 18.7 Å². The van der Waals surface area contributed by atoms with Crippen molar-refractivity contribution in [2.45, 2.75) is 25.3 Å². The molecule has 0 saturated carbocycles. The molecule has 0 fully saturated rings. The Labute approximate surface area is 195 Å². The molecule has 8 nitrogen and oxygen atoms in total. The van der Waals surface area contributed by atoms with E-state index in [1.165, 1.54) is 5.01 Å². The second-order valence-electron chi connectivity index (χ2n) is 7.96. The Bertz CT molecular complexity index is 1330. The van der Waals surface area contributed by atoms with E-state index in [1.54, 1.807) is 23.1 Å². The molecular weight excluding hydrogens is 432 g/mol. The summed E-state index contributed by atoms with van der Waals surface area (Å²) >= 11 is 0. The average Bonchev–Trinajstić information content (AvgIpc) is 3.62. The van der Waals surface area contributed by atoms with Crippen LogP contribution in [0, 0.1) is 0 Å². The molecule has 1 aliphatic rings. The Balaban J connectivity index is 1.59. The lowest BCUT2D eigenvalue weighted by Gasteiger charge is -2.21. The van der Waals surface area contributed by atoms with E-state index < -0.39 is 12.0 Å². The van der Waals surface area contributed by atoms with Gasteiger partial charge in [0.25, 0.3) is 0 Å². The smallest absolute Gasteiger partial charge is 0.303 e. The number of aromatic nitrogens is 2. The number of amides is 1. The van der Waals surface area contributed by atoms with Crippen LogP contribution in [0.1, 0.15) is 36.6 Å². The number of rotatable bonds is 7. The normalized spacial score (nSPS) is 15.4. The molecule has 2 aromatic carbocycles. The number of carbonyl (C=O) groups is 2. The SMILES string of the molecule is O=C(O)CCC(=O)N1N=C(c2ccco2)C[C@@H]1c1cn(-c2ccccc2)nc1-c1ccccc1. The van der Waals surface area contributed by atoms with Gasteiger partial charge in [-0.05, 0) is 24.3 Å². The third-order valence-corrected chi connectivity index (χ3v) is 5.69. The van der Waals surface area contributed by atoms with Crippen LogP contribution in [0.5, 0.6) is 0 Å². The van der Waals surface area contributed by atoms with Crippen molar-refractivity contribution >= 4 is 17.6 Å². The molecular formula is C26H22N4O4. The fourth-order valence-electron chi connectivity index (χ4n) is 4.07. The summed E-state index contributed by atoms with van der Waals surface area (Å²) in [4.78, 5) is 24.2. The minimum Gasteiger partial charge on any atom is -0.481 e. The summed E-state index contributed by atoms with van der Waals surface area (Å²) in [5.41, 5.74) is 3.99. The maximum Gasteiger partial charge on any atom is 0.303 e. The van der Waals surface area contributed by atoms with Gasteiger partial charge in [-0.25, -0.2) is 9.69 Å². The highest BCUT2D eigenvalue weighted by atomic mass is 16.4. The number of benzene rings is 2. The zero-order chi connectivity index (χ0) is 23.5. The Morgan fingerprint density at radius 1 is 0.971 bits per heavy atom. The monoisotopic (exact) mass is 454 g/mol. The van der Waals surface area contributed by atoms with Crippen LogP contribution in [0.4, 0.5) is 0 Å². The molecule has 1 amide bonds. The van der Waals surface area contributed by atoms with Gasteiger partial charge < -0.3 is 9.52 Å². The molecule has 0 radical (unpaired) electrons. The molecule has 3 heterocycles. The number of para-hydroxylation sites is 1. The first-order chi connectivity index (χ1) is 16.6. The van der Waals surface area contributed by atoms with Gasteiger partial charge in [0.15, 0.2) is 0 Å². The third-order valence-electron chi connectivity index (χ3n) is 5.69. The number of nitrogens with zero attached hydrogens (tertiary/aromatic N) is 4. The summed E-state index contributed by atoms with van der Waals surface area (Å²) in [6.45, 7) is 0. The standard InChI is InChI=1S/C26H22N4O4/c31-24(13-14-25(32)33)30-22(16-21(27-30)23-12-7-15-34-23)20-17-29(19-10-5-2-6-11-19)28-26(20)18-8-3-1-4-9-18/h1-12,15,17,22H,13-14,16H2,(H,32,33)/t22-/m1/s1. The zero-order valence-corrected chi connectivity index (χ0v) is 18.2. The van der Waals surface area contributed by atoms with Crippen molar-refractivity contribution < 1.29 is 19.1 Å². The van der Waals surface area contributed by atoms with Crippen molar-refractivity contribution in [2.75, 3.05) is 0 Å². The molecule has 4 aromatic rings. The van der Waals surface area contributed by atoms with Gasteiger partial charge in [-0.1, -0.05) is 48.5 Å². The number of aliphatic carboxylic acids is 1. The van der Waals surface area contributed by atoms with E-state index in [1.807, 2.05) is 66.9 Å². The van der Waals surface area contributed by atoms with Crippen LogP contribution in [0.3, 0.4) is 0 Å². The Kier molecular flexibility index (Phi) is 5.78. The summed E-state index contributed by atoms with van der Waals surface area (Å²) in [5, 5.41) is 19.9. The number of carboxylic acids is 1. The topological polar surface area (TPSA) is 101 Å². The Morgan fingerprint density at radius 2 is 1.71 bits per heavy atom. The van der Waals surface area contributed by atoms with Crippen LogP contribution < -0.4 is 0 Å². The van der Waals surface area contributed by atoms with Gasteiger partial charge in [0.05, 0.1) is 30.1 Å². The molecule has 5 rings (SSSR count). The summed E-state index contributed by atoms with van der Waals surface area (Å²) in [5.74, 6) is -0.808. The van der Waals surface area contributed by atoms with E-state index in [9.17, 15) is 9.59 Å². The highest BCUT2D eigenvalue weighted by Gasteiger charge is 2.36. The summed E-state index contributed by atoms with van der Waals surface area (Å²) in [6, 6.07) is 22.6. The predicted molar refractivity (Wildman–Crippen MR) is 125 cm³/mol. The maximum atomic E-state index is 13.1. The molecule has 170 valence electrons. The van der Waals surface area contributed by atoms with Gasteiger partial charge in [0.2, 0.25) is 5.91 Å². The van der Waals surface area contributed by atoms with Gasteiger partial charge in [0.1, 0.15) is 11.5 Å². The molecule has 34 heavy (non-hydrogen) atoms. The lowest BCUT2D eigenvalue weighted by molar-refractivity contribution is -0.141. The highest BCUT2D eigenvalue weighted by molar-refractivity contribution is 6.01. The number of hydrazone groups is 1. The second-order valence-corrected chi connectivity index (χ2v) is 7.96. The summed E-state index contributed by atoms with van der Waals surface area (Å²) < 4.78 is 7.33. The van der Waals surface area contributed by atoms with Crippen LogP contribution in [0.15, 0.2) is 94.8 Å². The average molecular weight is 454 g/mol. The van der Waals surface area contributed by atoms with Crippen molar-refractivity contribution in [3.8, 4) is 16.9 Å². The maximum absolute atomic E-state index is 13.1. The Morgan fingerprint density at radius 3 is 2.38 bits per heavy atom. The van der Waals surface area contributed by atoms with Gasteiger partial charge in [0, 0.05) is 30.2 Å². The van der Waals surface area contributed by atoms with Crippen LogP contribution in [-0.4, -0.2) is 37.5 Å². The van der Waals surface area contributed by atoms with Crippen molar-refractivity contribution in [2.24, 2.45) is 5.10 Å². The fraction of sp³-hybridized carbons (Fsp3) is 0.154. The molecule has 0 aliphatic carbocycles. The molecule has 1 N–H and O–H groups in total. The summed E-state index contributed by atoms with van der Waals surface area (Å²) in [7, 11) is 0. The van der Waals surface area contributed by atoms with Crippen molar-refractivity contribution in [3.63, 3.8) is 0 Å². The Hall–Kier alpha value is -4.46. The first-order valence-corrected chi connectivity index (χ1v) is 11.0. The highest BCUT2D eigenvalue weighted by Crippen LogP contribution is 2.38. The predicted octanol–water partition coefficient (Wildman–Crippen LogP) is 4.67. The lowest BCUT2D eigenvalue weighted by Crippen LogP contribution is -2.27. The molecule has 0 spiro atoms. The number of carboxylic acid groups (broad SMARTS) is 1. The fourth-order valence-corrected chi connectivity index (χ4v) is 4.07. The quantitative estimate of drug-likeness (QED) is 0.437. The molecule has 8 heteroatoms. The molecule has 1 aliphatic heterocycles. The molecule has 0 unspecified atom stereocenters. The van der Waals surface area contributed by atoms with Crippen LogP contribution in [0.2, 0.25) is 0 Å². The molecule has 0 saturated heterocycles. The van der Waals surface area contributed by atoms with Crippen molar-refractivity contribution in [1.29, 1.82) is 0 Å². The van der Waals surface area contributed by atoms with E-state index >= 15 is 0 Å². The first-order valence-electron chi connectivity index (χ1n) is 11.0. The number of furan rings is 1. The van der Waals surface area contributed by atoms with Crippen molar-refractivity contribution in [3.05, 3.63) is 96.6 Å². The second kappa shape index (κ2) is 9.19. The van der Waals surface area contributed by atoms with Crippen molar-refractivity contribution in [1.82, 2.24) is 14.8 Å². The van der Waals surface area contributed by atoms with E-state index in [4.69, 9.17) is 14.6 Å². The van der Waals surface area contributed by atoms with Gasteiger partial charge in [-0.15, -0.1) is 0 Å². The van der Waals surface area contributed by atoms with Gasteiger partial charge >= 0.3 is 5.97 Å². The first kappa shape index (κ1) is 21.4. The van der Waals surface area contributed by atoms with Crippen LogP contribution in [0.25, 0.3) is 16.9 Å².